The van der Waals surface area contributed by atoms with Crippen LogP contribution in [0, 0.1) is 0 Å². The molecule has 0 atom stereocenters. The second kappa shape index (κ2) is 8.84. The van der Waals surface area contributed by atoms with Crippen LogP contribution in [0.5, 0.6) is 0 Å². The zero-order chi connectivity index (χ0) is 20.9. The molecule has 1 N–H and O–H groups in total. The van der Waals surface area contributed by atoms with Gasteiger partial charge in [0.05, 0.1) is 11.7 Å². The van der Waals surface area contributed by atoms with E-state index in [0.717, 1.165) is 45.8 Å². The van der Waals surface area contributed by atoms with Gasteiger partial charge >= 0.3 is 5.97 Å². The van der Waals surface area contributed by atoms with E-state index in [4.69, 9.17) is 5.11 Å². The minimum absolute atomic E-state index is 0.845. The summed E-state index contributed by atoms with van der Waals surface area (Å²) in [7, 11) is 0. The predicted molar refractivity (Wildman–Crippen MR) is 123 cm³/mol. The average molecular weight is 413 g/mol. The van der Waals surface area contributed by atoms with E-state index in [2.05, 4.69) is 52.1 Å². The number of carbonyl (C=O) groups is 1. The molecule has 1 aromatic heterocycles. The molecule has 1 heterocycles. The van der Waals surface area contributed by atoms with Crippen molar-refractivity contribution in [2.75, 3.05) is 0 Å². The lowest BCUT2D eigenvalue weighted by molar-refractivity contribution is -0.131. The highest BCUT2D eigenvalue weighted by molar-refractivity contribution is 7.00. The standard InChI is InChI=1S/C25H20N2O2S/c1-2-21(18-6-4-3-5-7-18)25(20-13-14-22-23(16-20)27-30-26-22)19-11-8-17(9-12-19)10-15-24(28)29/h3-16H,2H2,1H3,(H,28,29)/b15-10+,25-21+. The smallest absolute Gasteiger partial charge is 0.328 e. The van der Waals surface area contributed by atoms with Gasteiger partial charge in [0.2, 0.25) is 0 Å². The molecule has 0 aliphatic carbocycles. The molecule has 0 fully saturated rings. The first kappa shape index (κ1) is 19.7. The Hall–Kier alpha value is -3.57. The summed E-state index contributed by atoms with van der Waals surface area (Å²) in [6.45, 7) is 2.16. The number of nitrogens with zero attached hydrogens (tertiary/aromatic N) is 2. The van der Waals surface area contributed by atoms with Gasteiger partial charge in [0.15, 0.2) is 0 Å². The van der Waals surface area contributed by atoms with Gasteiger partial charge in [-0.2, -0.15) is 8.75 Å². The monoisotopic (exact) mass is 412 g/mol. The van der Waals surface area contributed by atoms with E-state index >= 15 is 0 Å². The summed E-state index contributed by atoms with van der Waals surface area (Å²) < 4.78 is 8.73. The number of benzene rings is 3. The number of carboxylic acids is 1. The number of hydrogen-bond donors (Lipinski definition) is 1. The average Bonchev–Trinajstić information content (AvgIpc) is 3.25. The van der Waals surface area contributed by atoms with Gasteiger partial charge in [0.1, 0.15) is 11.0 Å². The Kier molecular flexibility index (Phi) is 5.82. The topological polar surface area (TPSA) is 63.1 Å². The molecule has 4 nitrogen and oxygen atoms in total. The molecule has 0 aliphatic heterocycles. The van der Waals surface area contributed by atoms with Crippen molar-refractivity contribution in [3.05, 3.63) is 101 Å². The van der Waals surface area contributed by atoms with Crippen LogP contribution in [0.4, 0.5) is 0 Å². The molecule has 5 heteroatoms. The summed E-state index contributed by atoms with van der Waals surface area (Å²) in [5, 5.41) is 8.86. The molecule has 0 amide bonds. The van der Waals surface area contributed by atoms with Crippen molar-refractivity contribution in [2.24, 2.45) is 0 Å². The van der Waals surface area contributed by atoms with E-state index < -0.39 is 5.97 Å². The lowest BCUT2D eigenvalue weighted by Gasteiger charge is -2.16. The lowest BCUT2D eigenvalue weighted by Crippen LogP contribution is -1.95. The molecule has 0 bridgehead atoms. The number of rotatable bonds is 6. The van der Waals surface area contributed by atoms with Gasteiger partial charge in [-0.05, 0) is 58.0 Å². The molecular formula is C25H20N2O2S. The van der Waals surface area contributed by atoms with Crippen LogP contribution in [0.15, 0.2) is 78.9 Å². The fourth-order valence-corrected chi connectivity index (χ4v) is 4.06. The number of aromatic nitrogens is 2. The SMILES string of the molecule is CC/C(=C(/c1ccc(/C=C/C(=O)O)cc1)c1ccc2nsnc2c1)c1ccccc1. The van der Waals surface area contributed by atoms with Gasteiger partial charge in [-0.25, -0.2) is 4.79 Å². The van der Waals surface area contributed by atoms with Gasteiger partial charge in [-0.3, -0.25) is 0 Å². The summed E-state index contributed by atoms with van der Waals surface area (Å²) >= 11 is 1.22. The second-order valence-corrected chi connectivity index (χ2v) is 7.36. The molecular weight excluding hydrogens is 392 g/mol. The summed E-state index contributed by atoms with van der Waals surface area (Å²) in [6.07, 6.45) is 3.62. The maximum atomic E-state index is 10.8. The van der Waals surface area contributed by atoms with Crippen molar-refractivity contribution in [1.29, 1.82) is 0 Å². The van der Waals surface area contributed by atoms with E-state index in [0.29, 0.717) is 0 Å². The third kappa shape index (κ3) is 4.21. The Labute approximate surface area is 179 Å². The van der Waals surface area contributed by atoms with Crippen molar-refractivity contribution in [3.8, 4) is 0 Å². The van der Waals surface area contributed by atoms with E-state index in [-0.39, 0.29) is 0 Å². The number of fused-ring (bicyclic) bond motifs is 1. The first-order chi connectivity index (χ1) is 14.7. The Balaban J connectivity index is 1.89. The van der Waals surface area contributed by atoms with Crippen LogP contribution in [-0.2, 0) is 4.79 Å². The lowest BCUT2D eigenvalue weighted by atomic mass is 9.88. The molecule has 4 aromatic rings. The van der Waals surface area contributed by atoms with Crippen LogP contribution < -0.4 is 0 Å². The van der Waals surface area contributed by atoms with Crippen molar-refractivity contribution in [1.82, 2.24) is 8.75 Å². The molecule has 30 heavy (non-hydrogen) atoms. The zero-order valence-electron chi connectivity index (χ0n) is 16.4. The van der Waals surface area contributed by atoms with Crippen molar-refractivity contribution < 1.29 is 9.90 Å². The first-order valence-corrected chi connectivity index (χ1v) is 10.4. The fourth-order valence-electron chi connectivity index (χ4n) is 3.55. The highest BCUT2D eigenvalue weighted by atomic mass is 32.1. The summed E-state index contributed by atoms with van der Waals surface area (Å²) in [5.41, 5.74) is 8.36. The molecule has 3 aromatic carbocycles. The molecule has 0 aliphatic rings. The van der Waals surface area contributed by atoms with Crippen LogP contribution in [0.3, 0.4) is 0 Å². The third-order valence-electron chi connectivity index (χ3n) is 4.94. The Morgan fingerprint density at radius 3 is 2.30 bits per heavy atom. The summed E-state index contributed by atoms with van der Waals surface area (Å²) in [6, 6.07) is 24.5. The summed E-state index contributed by atoms with van der Waals surface area (Å²) in [5.74, 6) is -0.956. The molecule has 0 unspecified atom stereocenters. The van der Waals surface area contributed by atoms with Gasteiger partial charge in [0, 0.05) is 6.08 Å². The molecule has 0 radical (unpaired) electrons. The van der Waals surface area contributed by atoms with Crippen LogP contribution >= 0.6 is 11.7 Å². The maximum absolute atomic E-state index is 10.8. The van der Waals surface area contributed by atoms with Crippen molar-refractivity contribution in [3.63, 3.8) is 0 Å². The first-order valence-electron chi connectivity index (χ1n) is 9.68. The number of aliphatic carboxylic acids is 1. The largest absolute Gasteiger partial charge is 0.478 e. The molecule has 0 spiro atoms. The van der Waals surface area contributed by atoms with Crippen LogP contribution in [-0.4, -0.2) is 19.8 Å². The van der Waals surface area contributed by atoms with Crippen LogP contribution in [0.25, 0.3) is 28.3 Å². The number of carboxylic acid groups (broad SMARTS) is 1. The van der Waals surface area contributed by atoms with Gasteiger partial charge in [-0.1, -0.05) is 67.6 Å². The van der Waals surface area contributed by atoms with Crippen LogP contribution in [0.1, 0.15) is 35.6 Å². The normalized spacial score (nSPS) is 12.3. The highest BCUT2D eigenvalue weighted by Crippen LogP contribution is 2.35. The Bertz CT molecular complexity index is 1240. The van der Waals surface area contributed by atoms with E-state index in [9.17, 15) is 4.79 Å². The van der Waals surface area contributed by atoms with E-state index in [1.807, 2.05) is 36.4 Å². The minimum Gasteiger partial charge on any atom is -0.478 e. The van der Waals surface area contributed by atoms with Crippen molar-refractivity contribution in [2.45, 2.75) is 13.3 Å². The van der Waals surface area contributed by atoms with Gasteiger partial charge < -0.3 is 5.11 Å². The highest BCUT2D eigenvalue weighted by Gasteiger charge is 2.14. The maximum Gasteiger partial charge on any atom is 0.328 e. The zero-order valence-corrected chi connectivity index (χ0v) is 17.3. The molecule has 4 rings (SSSR count). The molecule has 0 saturated heterocycles. The second-order valence-electron chi connectivity index (χ2n) is 6.83. The Morgan fingerprint density at radius 1 is 0.900 bits per heavy atom. The summed E-state index contributed by atoms with van der Waals surface area (Å²) in [4.78, 5) is 10.8. The minimum atomic E-state index is -0.956. The van der Waals surface area contributed by atoms with Crippen LogP contribution in [0.2, 0.25) is 0 Å². The van der Waals surface area contributed by atoms with Gasteiger partial charge in [-0.15, -0.1) is 0 Å². The quantitative estimate of drug-likeness (QED) is 0.304. The Morgan fingerprint density at radius 2 is 1.60 bits per heavy atom. The van der Waals surface area contributed by atoms with E-state index in [1.165, 1.54) is 22.9 Å². The predicted octanol–water partition coefficient (Wildman–Crippen LogP) is 6.16. The number of hydrogen-bond acceptors (Lipinski definition) is 4. The molecule has 0 saturated carbocycles. The number of allylic oxidation sites excluding steroid dienone is 1. The molecule has 148 valence electrons. The van der Waals surface area contributed by atoms with Gasteiger partial charge in [0.25, 0.3) is 0 Å². The fraction of sp³-hybridized carbons (Fsp3) is 0.0800. The van der Waals surface area contributed by atoms with E-state index in [1.54, 1.807) is 6.08 Å². The third-order valence-corrected chi connectivity index (χ3v) is 5.49. The van der Waals surface area contributed by atoms with Crippen molar-refractivity contribution >= 4 is 46.0 Å².